The highest BCUT2D eigenvalue weighted by molar-refractivity contribution is 5.87. The van der Waals surface area contributed by atoms with E-state index >= 15 is 0 Å². The van der Waals surface area contributed by atoms with Crippen LogP contribution in [0.2, 0.25) is 0 Å². The van der Waals surface area contributed by atoms with Crippen molar-refractivity contribution in [2.45, 2.75) is 90.6 Å². The number of aliphatic hydroxyl groups is 1. The number of carbonyl (C=O) groups is 1. The van der Waals surface area contributed by atoms with Gasteiger partial charge in [0, 0.05) is 12.6 Å². The standard InChI is InChI=1S/C26H43NO2/c1-4-7-10-12-13-14-15-16-17-18-19-21-25(28)27-24-26(29,22-9-6-3)23-20-11-8-5-2/h4,7,10,12,15-19,21,29H,5-6,8-9,11,13-14,20,22-24H2,1-3H3,(H,27,28). The molecule has 0 aromatic carbocycles. The first-order valence-corrected chi connectivity index (χ1v) is 11.4. The van der Waals surface area contributed by atoms with Gasteiger partial charge in [-0.25, -0.2) is 0 Å². The van der Waals surface area contributed by atoms with Crippen LogP contribution < -0.4 is 5.32 Å². The Hall–Kier alpha value is -1.87. The third-order valence-corrected chi connectivity index (χ3v) is 4.74. The highest BCUT2D eigenvalue weighted by atomic mass is 16.3. The van der Waals surface area contributed by atoms with Gasteiger partial charge in [0.2, 0.25) is 5.91 Å². The molecular weight excluding hydrogens is 358 g/mol. The lowest BCUT2D eigenvalue weighted by Gasteiger charge is -2.28. The SMILES string of the molecule is CC=CC=CCCC=CC=CC=CC(=O)NCC(O)(CCCC)CCCCCC. The fourth-order valence-electron chi connectivity index (χ4n) is 2.92. The molecule has 0 spiro atoms. The summed E-state index contributed by atoms with van der Waals surface area (Å²) in [6, 6.07) is 0. The van der Waals surface area contributed by atoms with Gasteiger partial charge in [-0.3, -0.25) is 4.79 Å². The maximum absolute atomic E-state index is 12.0. The van der Waals surface area contributed by atoms with Gasteiger partial charge in [-0.1, -0.05) is 107 Å². The number of nitrogens with one attached hydrogen (secondary N) is 1. The molecule has 3 nitrogen and oxygen atoms in total. The van der Waals surface area contributed by atoms with E-state index in [0.717, 1.165) is 51.4 Å². The minimum absolute atomic E-state index is 0.156. The summed E-state index contributed by atoms with van der Waals surface area (Å²) >= 11 is 0. The van der Waals surface area contributed by atoms with E-state index in [4.69, 9.17) is 0 Å². The predicted molar refractivity (Wildman–Crippen MR) is 127 cm³/mol. The Morgan fingerprint density at radius 2 is 1.45 bits per heavy atom. The van der Waals surface area contributed by atoms with Gasteiger partial charge in [-0.2, -0.15) is 0 Å². The van der Waals surface area contributed by atoms with Crippen molar-refractivity contribution in [2.24, 2.45) is 0 Å². The number of carbonyl (C=O) groups excluding carboxylic acids is 1. The van der Waals surface area contributed by atoms with Crippen molar-refractivity contribution in [3.05, 3.63) is 60.8 Å². The zero-order valence-corrected chi connectivity index (χ0v) is 18.9. The average molecular weight is 402 g/mol. The van der Waals surface area contributed by atoms with Crippen LogP contribution in [0.4, 0.5) is 0 Å². The Labute approximate surface area is 179 Å². The monoisotopic (exact) mass is 401 g/mol. The number of rotatable bonds is 17. The molecule has 2 N–H and O–H groups in total. The van der Waals surface area contributed by atoms with Crippen molar-refractivity contribution in [3.8, 4) is 0 Å². The largest absolute Gasteiger partial charge is 0.388 e. The first-order chi connectivity index (χ1) is 14.1. The topological polar surface area (TPSA) is 49.3 Å². The number of hydrogen-bond donors (Lipinski definition) is 2. The van der Waals surface area contributed by atoms with Crippen LogP contribution in [0.25, 0.3) is 0 Å². The van der Waals surface area contributed by atoms with Crippen LogP contribution in [-0.2, 0) is 4.79 Å². The van der Waals surface area contributed by atoms with E-state index in [0.29, 0.717) is 6.54 Å². The number of allylic oxidation sites excluding steroid dienone is 9. The molecule has 0 saturated carbocycles. The van der Waals surface area contributed by atoms with E-state index in [9.17, 15) is 9.90 Å². The summed E-state index contributed by atoms with van der Waals surface area (Å²) in [7, 11) is 0. The third-order valence-electron chi connectivity index (χ3n) is 4.74. The van der Waals surface area contributed by atoms with Gasteiger partial charge < -0.3 is 10.4 Å². The normalized spacial score (nSPS) is 14.8. The lowest BCUT2D eigenvalue weighted by atomic mass is 9.90. The maximum atomic E-state index is 12.0. The number of hydrogen-bond acceptors (Lipinski definition) is 2. The molecule has 0 aliphatic rings. The zero-order valence-electron chi connectivity index (χ0n) is 18.9. The summed E-state index contributed by atoms with van der Waals surface area (Å²) < 4.78 is 0. The summed E-state index contributed by atoms with van der Waals surface area (Å²) in [6.07, 6.45) is 29.4. The Morgan fingerprint density at radius 1 is 0.828 bits per heavy atom. The molecule has 0 heterocycles. The van der Waals surface area contributed by atoms with E-state index in [-0.39, 0.29) is 5.91 Å². The van der Waals surface area contributed by atoms with Crippen LogP contribution in [0.1, 0.15) is 85.0 Å². The van der Waals surface area contributed by atoms with Crippen molar-refractivity contribution in [1.82, 2.24) is 5.32 Å². The van der Waals surface area contributed by atoms with E-state index in [1.165, 1.54) is 18.9 Å². The van der Waals surface area contributed by atoms with Crippen molar-refractivity contribution in [3.63, 3.8) is 0 Å². The van der Waals surface area contributed by atoms with E-state index in [2.05, 4.69) is 37.4 Å². The van der Waals surface area contributed by atoms with E-state index in [1.807, 2.05) is 37.3 Å². The Kier molecular flexibility index (Phi) is 18.2. The molecule has 0 radical (unpaired) electrons. The van der Waals surface area contributed by atoms with Gasteiger partial charge in [-0.05, 0) is 32.6 Å². The summed E-state index contributed by atoms with van der Waals surface area (Å²) in [5.41, 5.74) is -0.785. The summed E-state index contributed by atoms with van der Waals surface area (Å²) in [5, 5.41) is 13.7. The number of amides is 1. The Bertz CT molecular complexity index is 543. The second-order valence-electron chi connectivity index (χ2n) is 7.56. The summed E-state index contributed by atoms with van der Waals surface area (Å²) in [6.45, 7) is 6.64. The fourth-order valence-corrected chi connectivity index (χ4v) is 2.92. The second-order valence-corrected chi connectivity index (χ2v) is 7.56. The fraction of sp³-hybridized carbons (Fsp3) is 0.577. The minimum atomic E-state index is -0.785. The van der Waals surface area contributed by atoms with Crippen LogP contribution in [-0.4, -0.2) is 23.2 Å². The molecule has 0 aliphatic heterocycles. The van der Waals surface area contributed by atoms with Gasteiger partial charge in [0.1, 0.15) is 0 Å². The average Bonchev–Trinajstić information content (AvgIpc) is 2.72. The molecule has 3 heteroatoms. The minimum Gasteiger partial charge on any atom is -0.388 e. The van der Waals surface area contributed by atoms with Crippen LogP contribution in [0.15, 0.2) is 60.8 Å². The van der Waals surface area contributed by atoms with Crippen molar-refractivity contribution >= 4 is 5.91 Å². The first-order valence-electron chi connectivity index (χ1n) is 11.4. The maximum Gasteiger partial charge on any atom is 0.244 e. The molecule has 0 aliphatic carbocycles. The molecule has 29 heavy (non-hydrogen) atoms. The molecule has 1 amide bonds. The molecule has 0 aromatic rings. The zero-order chi connectivity index (χ0) is 21.6. The van der Waals surface area contributed by atoms with E-state index in [1.54, 1.807) is 6.08 Å². The van der Waals surface area contributed by atoms with Crippen LogP contribution in [0.5, 0.6) is 0 Å². The van der Waals surface area contributed by atoms with Crippen molar-refractivity contribution < 1.29 is 9.90 Å². The summed E-state index contributed by atoms with van der Waals surface area (Å²) in [5.74, 6) is -0.156. The predicted octanol–water partition coefficient (Wildman–Crippen LogP) is 6.58. The lowest BCUT2D eigenvalue weighted by Crippen LogP contribution is -2.42. The molecule has 0 fully saturated rings. The van der Waals surface area contributed by atoms with Gasteiger partial charge in [0.25, 0.3) is 0 Å². The first kappa shape index (κ1) is 27.1. The molecule has 0 rings (SSSR count). The molecule has 0 bridgehead atoms. The molecule has 0 aromatic heterocycles. The van der Waals surface area contributed by atoms with Crippen LogP contribution >= 0.6 is 0 Å². The Morgan fingerprint density at radius 3 is 2.10 bits per heavy atom. The van der Waals surface area contributed by atoms with Gasteiger partial charge in [0.05, 0.1) is 5.60 Å². The van der Waals surface area contributed by atoms with Gasteiger partial charge in [0.15, 0.2) is 0 Å². The summed E-state index contributed by atoms with van der Waals surface area (Å²) in [4.78, 5) is 12.0. The van der Waals surface area contributed by atoms with Crippen LogP contribution in [0.3, 0.4) is 0 Å². The Balaban J connectivity index is 4.22. The molecule has 1 atom stereocenters. The quantitative estimate of drug-likeness (QED) is 0.164. The van der Waals surface area contributed by atoms with Crippen molar-refractivity contribution in [2.75, 3.05) is 6.54 Å². The van der Waals surface area contributed by atoms with E-state index < -0.39 is 5.60 Å². The second kappa shape index (κ2) is 19.4. The molecular formula is C26H43NO2. The third kappa shape index (κ3) is 17.9. The number of unbranched alkanes of at least 4 members (excludes halogenated alkanes) is 5. The molecule has 164 valence electrons. The lowest BCUT2D eigenvalue weighted by molar-refractivity contribution is -0.118. The smallest absolute Gasteiger partial charge is 0.244 e. The molecule has 0 saturated heterocycles. The van der Waals surface area contributed by atoms with Crippen molar-refractivity contribution in [1.29, 1.82) is 0 Å². The van der Waals surface area contributed by atoms with Gasteiger partial charge >= 0.3 is 0 Å². The highest BCUT2D eigenvalue weighted by Crippen LogP contribution is 2.21. The highest BCUT2D eigenvalue weighted by Gasteiger charge is 2.25. The van der Waals surface area contributed by atoms with Crippen LogP contribution in [0, 0.1) is 0 Å². The van der Waals surface area contributed by atoms with Gasteiger partial charge in [-0.15, -0.1) is 0 Å². The molecule has 1 unspecified atom stereocenters.